The van der Waals surface area contributed by atoms with Crippen LogP contribution in [0.5, 0.6) is 0 Å². The average Bonchev–Trinajstić information content (AvgIpc) is 3.49. The number of rotatable bonds is 5. The van der Waals surface area contributed by atoms with Crippen molar-refractivity contribution < 1.29 is 18.7 Å². The summed E-state index contributed by atoms with van der Waals surface area (Å²) >= 11 is 0. The summed E-state index contributed by atoms with van der Waals surface area (Å²) in [6.45, 7) is 3.36. The molecule has 2 aromatic rings. The zero-order valence-electron chi connectivity index (χ0n) is 18.1. The van der Waals surface area contributed by atoms with Crippen LogP contribution in [-0.4, -0.2) is 53.5 Å². The number of H-pyrrole nitrogens is 1. The minimum Gasteiger partial charge on any atom is -0.376 e. The summed E-state index contributed by atoms with van der Waals surface area (Å²) < 4.78 is 20.4. The molecular formula is C24H28FN3O4. The number of hydrogen-bond acceptors (Lipinski definition) is 4. The molecule has 1 aromatic carbocycles. The Bertz CT molecular complexity index is 1110. The van der Waals surface area contributed by atoms with Crippen LogP contribution in [0.15, 0.2) is 29.1 Å². The Hall–Kier alpha value is -2.74. The summed E-state index contributed by atoms with van der Waals surface area (Å²) in [6, 6.07) is 5.48. The Morgan fingerprint density at radius 3 is 2.69 bits per heavy atom. The Morgan fingerprint density at radius 2 is 1.97 bits per heavy atom. The maximum Gasteiger partial charge on any atom is 0.270 e. The molecule has 0 bridgehead atoms. The minimum atomic E-state index is -0.557. The zero-order valence-corrected chi connectivity index (χ0v) is 18.1. The molecule has 2 saturated carbocycles. The van der Waals surface area contributed by atoms with Crippen molar-refractivity contribution in [2.24, 2.45) is 17.8 Å². The molecule has 2 amide bonds. The lowest BCUT2D eigenvalue weighted by atomic mass is 9.77. The molecule has 5 rings (SSSR count). The van der Waals surface area contributed by atoms with E-state index in [4.69, 9.17) is 4.74 Å². The topological polar surface area (TPSA) is 91.5 Å². The number of carbonyl (C=O) groups excluding carboxylic acids is 2. The molecule has 0 unspecified atom stereocenters. The van der Waals surface area contributed by atoms with Gasteiger partial charge in [-0.1, -0.05) is 6.07 Å². The molecule has 32 heavy (non-hydrogen) atoms. The van der Waals surface area contributed by atoms with Crippen LogP contribution in [-0.2, 0) is 9.53 Å². The molecule has 2 aliphatic carbocycles. The van der Waals surface area contributed by atoms with Gasteiger partial charge in [0, 0.05) is 38.1 Å². The molecule has 1 aliphatic heterocycles. The minimum absolute atomic E-state index is 0.0506. The van der Waals surface area contributed by atoms with Gasteiger partial charge in [-0.2, -0.15) is 0 Å². The van der Waals surface area contributed by atoms with Gasteiger partial charge in [-0.3, -0.25) is 14.4 Å². The van der Waals surface area contributed by atoms with Crippen LogP contribution in [0.3, 0.4) is 0 Å². The number of amides is 2. The molecule has 8 heteroatoms. The Labute approximate surface area is 185 Å². The number of ether oxygens (including phenoxy) is 1. The maximum absolute atomic E-state index is 14.2. The molecule has 0 spiro atoms. The van der Waals surface area contributed by atoms with E-state index in [1.54, 1.807) is 11.0 Å². The highest BCUT2D eigenvalue weighted by Gasteiger charge is 2.44. The van der Waals surface area contributed by atoms with Gasteiger partial charge < -0.3 is 19.9 Å². The summed E-state index contributed by atoms with van der Waals surface area (Å²) in [7, 11) is 0. The van der Waals surface area contributed by atoms with Crippen molar-refractivity contribution in [3.05, 3.63) is 46.0 Å². The summed E-state index contributed by atoms with van der Waals surface area (Å²) in [5.41, 5.74) is -0.220. The number of fused-ring (bicyclic) bond motifs is 2. The smallest absolute Gasteiger partial charge is 0.270 e. The molecule has 2 heterocycles. The number of carbonyl (C=O) groups is 2. The first-order valence-electron chi connectivity index (χ1n) is 11.4. The standard InChI is InChI=1S/C24H28FN3O4/c1-13(29)26-19-7-15-10-28(11-16(15)8-22(19)32-12-14-5-6-14)24(31)20-9-21(30)17-3-2-4-18(25)23(17)27-20/h2-4,9,14-16,19,22H,5-8,10-12H2,1H3,(H,26,29)(H,27,30)/t15-,16+,19-,22-/m1/s1. The number of nitrogens with one attached hydrogen (secondary N) is 2. The summed E-state index contributed by atoms with van der Waals surface area (Å²) in [6.07, 6.45) is 3.90. The van der Waals surface area contributed by atoms with Gasteiger partial charge in [-0.25, -0.2) is 4.39 Å². The first-order valence-corrected chi connectivity index (χ1v) is 11.4. The highest BCUT2D eigenvalue weighted by molar-refractivity contribution is 5.95. The van der Waals surface area contributed by atoms with Crippen LogP contribution >= 0.6 is 0 Å². The number of hydrogen-bond donors (Lipinski definition) is 2. The zero-order chi connectivity index (χ0) is 22.4. The van der Waals surface area contributed by atoms with Crippen molar-refractivity contribution in [3.63, 3.8) is 0 Å². The predicted octanol–water partition coefficient (Wildman–Crippen LogP) is 2.45. The second-order valence-electron chi connectivity index (χ2n) is 9.53. The van der Waals surface area contributed by atoms with Crippen molar-refractivity contribution in [2.75, 3.05) is 19.7 Å². The van der Waals surface area contributed by atoms with E-state index in [0.717, 1.165) is 19.4 Å². The fourth-order valence-electron chi connectivity index (χ4n) is 5.24. The van der Waals surface area contributed by atoms with Crippen molar-refractivity contribution >= 4 is 22.7 Å². The van der Waals surface area contributed by atoms with E-state index in [0.29, 0.717) is 19.0 Å². The quantitative estimate of drug-likeness (QED) is 0.746. The number of nitrogens with zero attached hydrogens (tertiary/aromatic N) is 1. The van der Waals surface area contributed by atoms with E-state index in [9.17, 15) is 18.8 Å². The number of likely N-dealkylation sites (tertiary alicyclic amines) is 1. The highest BCUT2D eigenvalue weighted by atomic mass is 19.1. The predicted molar refractivity (Wildman–Crippen MR) is 117 cm³/mol. The van der Waals surface area contributed by atoms with Gasteiger partial charge in [-0.05, 0) is 55.6 Å². The summed E-state index contributed by atoms with van der Waals surface area (Å²) in [5, 5.41) is 3.27. The van der Waals surface area contributed by atoms with Crippen molar-refractivity contribution in [2.45, 2.75) is 44.8 Å². The first kappa shape index (κ1) is 21.1. The van der Waals surface area contributed by atoms with Crippen LogP contribution in [0.2, 0.25) is 0 Å². The fourth-order valence-corrected chi connectivity index (χ4v) is 5.24. The summed E-state index contributed by atoms with van der Waals surface area (Å²) in [4.78, 5) is 41.9. The number of aromatic nitrogens is 1. The van der Waals surface area contributed by atoms with Crippen LogP contribution in [0.25, 0.3) is 10.9 Å². The largest absolute Gasteiger partial charge is 0.376 e. The van der Waals surface area contributed by atoms with E-state index in [-0.39, 0.29) is 57.8 Å². The lowest BCUT2D eigenvalue weighted by Crippen LogP contribution is -2.50. The fraction of sp³-hybridized carbons (Fsp3) is 0.542. The third-order valence-corrected chi connectivity index (χ3v) is 7.08. The van der Waals surface area contributed by atoms with E-state index in [2.05, 4.69) is 10.3 Å². The molecule has 170 valence electrons. The van der Waals surface area contributed by atoms with Crippen LogP contribution in [0, 0.1) is 23.6 Å². The monoisotopic (exact) mass is 441 g/mol. The van der Waals surface area contributed by atoms with Gasteiger partial charge in [0.1, 0.15) is 11.5 Å². The van der Waals surface area contributed by atoms with Gasteiger partial charge in [-0.15, -0.1) is 0 Å². The number of para-hydroxylation sites is 1. The van der Waals surface area contributed by atoms with Crippen LogP contribution in [0.1, 0.15) is 43.1 Å². The first-order chi connectivity index (χ1) is 15.4. The Kier molecular flexibility index (Phi) is 5.49. The number of pyridine rings is 1. The van der Waals surface area contributed by atoms with E-state index in [1.165, 1.54) is 38.0 Å². The van der Waals surface area contributed by atoms with E-state index >= 15 is 0 Å². The Balaban J connectivity index is 1.33. The molecule has 4 atom stereocenters. The molecule has 1 aromatic heterocycles. The normalized spacial score (nSPS) is 27.4. The van der Waals surface area contributed by atoms with Crippen LogP contribution < -0.4 is 10.7 Å². The third kappa shape index (κ3) is 4.16. The van der Waals surface area contributed by atoms with Crippen molar-refractivity contribution in [3.8, 4) is 0 Å². The summed E-state index contributed by atoms with van der Waals surface area (Å²) in [5.74, 6) is 0.233. The van der Waals surface area contributed by atoms with Gasteiger partial charge in [0.15, 0.2) is 5.43 Å². The second-order valence-corrected chi connectivity index (χ2v) is 9.53. The molecule has 0 radical (unpaired) electrons. The maximum atomic E-state index is 14.2. The highest BCUT2D eigenvalue weighted by Crippen LogP contribution is 2.39. The third-order valence-electron chi connectivity index (χ3n) is 7.08. The lowest BCUT2D eigenvalue weighted by Gasteiger charge is -2.38. The molecule has 7 nitrogen and oxygen atoms in total. The molecule has 3 aliphatic rings. The second kappa shape index (κ2) is 8.31. The van der Waals surface area contributed by atoms with E-state index in [1.807, 2.05) is 0 Å². The lowest BCUT2D eigenvalue weighted by molar-refractivity contribution is -0.122. The molecule has 2 N–H and O–H groups in total. The van der Waals surface area contributed by atoms with Gasteiger partial charge in [0.05, 0.1) is 17.7 Å². The number of aromatic amines is 1. The number of benzene rings is 1. The molecular weight excluding hydrogens is 413 g/mol. The molecule has 1 saturated heterocycles. The SMILES string of the molecule is CC(=O)N[C@@H]1C[C@@H]2CN(C(=O)c3cc(=O)c4cccc(F)c4[nH]3)C[C@@H]2C[C@H]1OCC1CC1. The van der Waals surface area contributed by atoms with Gasteiger partial charge in [0.2, 0.25) is 5.91 Å². The van der Waals surface area contributed by atoms with Gasteiger partial charge >= 0.3 is 0 Å². The van der Waals surface area contributed by atoms with Gasteiger partial charge in [0.25, 0.3) is 5.91 Å². The van der Waals surface area contributed by atoms with Crippen molar-refractivity contribution in [1.82, 2.24) is 15.2 Å². The average molecular weight is 442 g/mol. The molecule has 3 fully saturated rings. The number of halogens is 1. The Morgan fingerprint density at radius 1 is 1.22 bits per heavy atom. The van der Waals surface area contributed by atoms with E-state index < -0.39 is 5.82 Å². The van der Waals surface area contributed by atoms with Crippen molar-refractivity contribution in [1.29, 1.82) is 0 Å². The van der Waals surface area contributed by atoms with Crippen LogP contribution in [0.4, 0.5) is 4.39 Å².